The summed E-state index contributed by atoms with van der Waals surface area (Å²) >= 11 is 0. The lowest BCUT2D eigenvalue weighted by Gasteiger charge is -2.20. The van der Waals surface area contributed by atoms with Crippen LogP contribution in [-0.2, 0) is 14.3 Å². The number of hydrogen-bond donors (Lipinski definition) is 3. The van der Waals surface area contributed by atoms with Gasteiger partial charge in [-0.3, -0.25) is 9.59 Å². The van der Waals surface area contributed by atoms with Crippen molar-refractivity contribution in [3.8, 4) is 0 Å². The number of allylic oxidation sites excluding steroid dienone is 1. The number of aliphatic hydroxyl groups excluding tert-OH is 2. The van der Waals surface area contributed by atoms with E-state index in [1.165, 1.54) is 173 Å². The number of ether oxygens (including phenoxy) is 1. The SMILES string of the molecule is CCCCCCCCCCCCC/C=C/C(O)C(CO)NC(=O)CCCCCCCCCCCCOC(=O)CCCCCCCCCCCCCCCC. The second-order valence-electron chi connectivity index (χ2n) is 16.5. The molecule has 2 unspecified atom stereocenters. The van der Waals surface area contributed by atoms with Crippen molar-refractivity contribution in [2.45, 2.75) is 270 Å². The van der Waals surface area contributed by atoms with E-state index in [1.54, 1.807) is 6.08 Å². The lowest BCUT2D eigenvalue weighted by Crippen LogP contribution is -2.45. The molecule has 0 aromatic rings. The largest absolute Gasteiger partial charge is 0.466 e. The number of esters is 1. The summed E-state index contributed by atoms with van der Waals surface area (Å²) in [7, 11) is 0. The maximum Gasteiger partial charge on any atom is 0.305 e. The first-order chi connectivity index (χ1) is 26.5. The molecule has 54 heavy (non-hydrogen) atoms. The van der Waals surface area contributed by atoms with E-state index in [9.17, 15) is 19.8 Å². The zero-order valence-corrected chi connectivity index (χ0v) is 36.2. The first-order valence-corrected chi connectivity index (χ1v) is 24.0. The molecule has 0 saturated heterocycles. The van der Waals surface area contributed by atoms with Crippen molar-refractivity contribution < 1.29 is 24.5 Å². The topological polar surface area (TPSA) is 95.9 Å². The van der Waals surface area contributed by atoms with E-state index in [1.807, 2.05) is 6.08 Å². The molecule has 6 heteroatoms. The fourth-order valence-electron chi connectivity index (χ4n) is 7.34. The molecule has 0 radical (unpaired) electrons. The van der Waals surface area contributed by atoms with Crippen LogP contribution in [0.2, 0.25) is 0 Å². The van der Waals surface area contributed by atoms with Crippen molar-refractivity contribution in [1.82, 2.24) is 5.32 Å². The molecule has 2 atom stereocenters. The first-order valence-electron chi connectivity index (χ1n) is 24.0. The molecule has 0 fully saturated rings. The van der Waals surface area contributed by atoms with E-state index in [0.717, 1.165) is 57.8 Å². The fraction of sp³-hybridized carbons (Fsp3) is 0.917. The molecule has 0 rings (SSSR count). The zero-order chi connectivity index (χ0) is 39.4. The summed E-state index contributed by atoms with van der Waals surface area (Å²) in [6, 6.07) is -0.642. The van der Waals surface area contributed by atoms with Crippen LogP contribution in [0.5, 0.6) is 0 Å². The maximum atomic E-state index is 12.4. The predicted molar refractivity (Wildman–Crippen MR) is 232 cm³/mol. The van der Waals surface area contributed by atoms with E-state index in [-0.39, 0.29) is 18.5 Å². The van der Waals surface area contributed by atoms with E-state index in [2.05, 4.69) is 19.2 Å². The van der Waals surface area contributed by atoms with Crippen LogP contribution in [0.4, 0.5) is 0 Å². The summed E-state index contributed by atoms with van der Waals surface area (Å²) in [5.41, 5.74) is 0. The van der Waals surface area contributed by atoms with Crippen LogP contribution < -0.4 is 5.32 Å². The van der Waals surface area contributed by atoms with Gasteiger partial charge in [-0.25, -0.2) is 0 Å². The highest BCUT2D eigenvalue weighted by molar-refractivity contribution is 5.76. The van der Waals surface area contributed by atoms with Crippen molar-refractivity contribution in [3.63, 3.8) is 0 Å². The molecule has 0 heterocycles. The Morgan fingerprint density at radius 3 is 1.26 bits per heavy atom. The molecule has 0 saturated carbocycles. The summed E-state index contributed by atoms with van der Waals surface area (Å²) in [4.78, 5) is 24.4. The van der Waals surface area contributed by atoms with Crippen molar-refractivity contribution in [2.75, 3.05) is 13.2 Å². The summed E-state index contributed by atoms with van der Waals surface area (Å²) in [6.07, 6.45) is 49.1. The predicted octanol–water partition coefficient (Wildman–Crippen LogP) is 13.8. The fourth-order valence-corrected chi connectivity index (χ4v) is 7.34. The smallest absolute Gasteiger partial charge is 0.305 e. The second kappa shape index (κ2) is 44.3. The van der Waals surface area contributed by atoms with Crippen LogP contribution in [0.15, 0.2) is 12.2 Å². The van der Waals surface area contributed by atoms with Crippen LogP contribution in [0.3, 0.4) is 0 Å². The minimum atomic E-state index is -0.856. The van der Waals surface area contributed by atoms with Crippen molar-refractivity contribution in [1.29, 1.82) is 0 Å². The summed E-state index contributed by atoms with van der Waals surface area (Å²) in [6.45, 7) is 4.85. The normalized spacial score (nSPS) is 12.7. The minimum Gasteiger partial charge on any atom is -0.466 e. The average molecular weight is 764 g/mol. The summed E-state index contributed by atoms with van der Waals surface area (Å²) in [5, 5.41) is 23.0. The van der Waals surface area contributed by atoms with E-state index in [4.69, 9.17) is 4.74 Å². The lowest BCUT2D eigenvalue weighted by atomic mass is 10.0. The molecule has 0 bridgehead atoms. The number of amides is 1. The van der Waals surface area contributed by atoms with Gasteiger partial charge in [-0.2, -0.15) is 0 Å². The zero-order valence-electron chi connectivity index (χ0n) is 36.2. The van der Waals surface area contributed by atoms with Gasteiger partial charge in [0.25, 0.3) is 0 Å². The minimum absolute atomic E-state index is 0.0189. The molecular weight excluding hydrogens is 671 g/mol. The van der Waals surface area contributed by atoms with E-state index in [0.29, 0.717) is 19.4 Å². The van der Waals surface area contributed by atoms with Gasteiger partial charge < -0.3 is 20.3 Å². The number of carbonyl (C=O) groups is 2. The first kappa shape index (κ1) is 52.6. The monoisotopic (exact) mass is 764 g/mol. The van der Waals surface area contributed by atoms with Gasteiger partial charge in [-0.05, 0) is 32.1 Å². The van der Waals surface area contributed by atoms with Crippen LogP contribution in [-0.4, -0.2) is 47.4 Å². The molecule has 1 amide bonds. The highest BCUT2D eigenvalue weighted by Gasteiger charge is 2.18. The van der Waals surface area contributed by atoms with Gasteiger partial charge in [0.2, 0.25) is 5.91 Å². The maximum absolute atomic E-state index is 12.4. The van der Waals surface area contributed by atoms with Gasteiger partial charge in [0.05, 0.1) is 25.4 Å². The molecular formula is C48H93NO5. The molecule has 0 spiro atoms. The Balaban J connectivity index is 3.50. The van der Waals surface area contributed by atoms with Gasteiger partial charge >= 0.3 is 5.97 Å². The molecule has 320 valence electrons. The number of unbranched alkanes of at least 4 members (excludes halogenated alkanes) is 33. The number of aliphatic hydroxyl groups is 2. The number of carbonyl (C=O) groups excluding carboxylic acids is 2. The molecule has 0 aliphatic heterocycles. The van der Waals surface area contributed by atoms with E-state index >= 15 is 0 Å². The van der Waals surface area contributed by atoms with Gasteiger partial charge in [-0.1, -0.05) is 225 Å². The van der Waals surface area contributed by atoms with E-state index < -0.39 is 12.1 Å². The number of hydrogen-bond acceptors (Lipinski definition) is 5. The summed E-state index contributed by atoms with van der Waals surface area (Å²) < 4.78 is 5.45. The molecule has 0 aliphatic rings. The quantitative estimate of drug-likeness (QED) is 0.0326. The lowest BCUT2D eigenvalue weighted by molar-refractivity contribution is -0.143. The van der Waals surface area contributed by atoms with Crippen LogP contribution in [0.1, 0.15) is 258 Å². The van der Waals surface area contributed by atoms with Crippen molar-refractivity contribution in [3.05, 3.63) is 12.2 Å². The standard InChI is InChI=1S/C48H93NO5/c1-3-5-7-9-11-13-15-17-19-21-26-30-34-38-42-48(53)54-43-39-35-31-27-23-22-25-29-33-37-41-47(52)49-45(44-50)46(51)40-36-32-28-24-20-18-16-14-12-10-8-6-4-2/h36,40,45-46,50-51H,3-35,37-39,41-44H2,1-2H3,(H,49,52)/b40-36+. The molecule has 0 aliphatic carbocycles. The second-order valence-corrected chi connectivity index (χ2v) is 16.5. The van der Waals surface area contributed by atoms with Crippen molar-refractivity contribution in [2.24, 2.45) is 0 Å². The Labute approximate surface area is 336 Å². The molecule has 0 aromatic heterocycles. The Morgan fingerprint density at radius 1 is 0.500 bits per heavy atom. The van der Waals surface area contributed by atoms with Crippen molar-refractivity contribution >= 4 is 11.9 Å². The number of nitrogens with one attached hydrogen (secondary N) is 1. The third-order valence-electron chi connectivity index (χ3n) is 11.1. The third-order valence-corrected chi connectivity index (χ3v) is 11.1. The van der Waals surface area contributed by atoms with Crippen LogP contribution in [0.25, 0.3) is 0 Å². The number of rotatable bonds is 44. The Hall–Kier alpha value is -1.40. The van der Waals surface area contributed by atoms with Gasteiger partial charge in [0.1, 0.15) is 0 Å². The highest BCUT2D eigenvalue weighted by Crippen LogP contribution is 2.16. The average Bonchev–Trinajstić information content (AvgIpc) is 3.17. The Kier molecular flexibility index (Phi) is 43.2. The van der Waals surface area contributed by atoms with Crippen LogP contribution >= 0.6 is 0 Å². The molecule has 0 aromatic carbocycles. The molecule has 3 N–H and O–H groups in total. The van der Waals surface area contributed by atoms with Crippen LogP contribution in [0, 0.1) is 0 Å². The third kappa shape index (κ3) is 40.3. The Bertz CT molecular complexity index is 802. The van der Waals surface area contributed by atoms with Gasteiger partial charge in [0, 0.05) is 12.8 Å². The highest BCUT2D eigenvalue weighted by atomic mass is 16.5. The summed E-state index contributed by atoms with van der Waals surface area (Å²) in [5.74, 6) is -0.109. The van der Waals surface area contributed by atoms with Gasteiger partial charge in [0.15, 0.2) is 0 Å². The molecule has 6 nitrogen and oxygen atoms in total. The van der Waals surface area contributed by atoms with Gasteiger partial charge in [-0.15, -0.1) is 0 Å². The Morgan fingerprint density at radius 2 is 0.852 bits per heavy atom.